The molecule has 0 aliphatic carbocycles. The van der Waals surface area contributed by atoms with E-state index in [9.17, 15) is 14.7 Å². The van der Waals surface area contributed by atoms with Crippen LogP contribution in [-0.4, -0.2) is 45.7 Å². The highest BCUT2D eigenvalue weighted by molar-refractivity contribution is 7.09. The summed E-state index contributed by atoms with van der Waals surface area (Å²) in [5.41, 5.74) is 0.0210. The molecule has 7 nitrogen and oxygen atoms in total. The normalized spacial score (nSPS) is 14.0. The molecule has 1 heterocycles. The van der Waals surface area contributed by atoms with Gasteiger partial charge in [-0.05, 0) is 26.7 Å². The molecule has 0 aliphatic heterocycles. The fourth-order valence-electron chi connectivity index (χ4n) is 2.39. The number of esters is 1. The highest BCUT2D eigenvalue weighted by atomic mass is 32.1. The lowest BCUT2D eigenvalue weighted by molar-refractivity contribution is -0.142. The lowest BCUT2D eigenvalue weighted by Gasteiger charge is -2.34. The van der Waals surface area contributed by atoms with Gasteiger partial charge in [-0.2, -0.15) is 0 Å². The van der Waals surface area contributed by atoms with Crippen LogP contribution in [0.4, 0.5) is 4.79 Å². The third kappa shape index (κ3) is 7.29. The molecule has 0 radical (unpaired) electrons. The predicted octanol–water partition coefficient (Wildman–Crippen LogP) is 3.52. The number of nitrogens with zero attached hydrogens (tertiary/aromatic N) is 2. The highest BCUT2D eigenvalue weighted by Crippen LogP contribution is 2.27. The standard InChI is InChI=1S/C18H30N2O5S/c1-11(2)14(20(7)17(23)25-18(4,5)6)8-15(22)16-19-13(10-26-16)9-24-12(3)21/h10-11,14-15,22H,8-9H2,1-7H3/t14-,15-/m1/s1. The van der Waals surface area contributed by atoms with Crippen molar-refractivity contribution < 1.29 is 24.2 Å². The molecule has 0 spiro atoms. The van der Waals surface area contributed by atoms with Gasteiger partial charge in [0.1, 0.15) is 23.3 Å². The summed E-state index contributed by atoms with van der Waals surface area (Å²) in [6, 6.07) is -0.208. The van der Waals surface area contributed by atoms with Crippen LogP contribution in [0, 0.1) is 5.92 Å². The minimum Gasteiger partial charge on any atom is -0.459 e. The third-order valence-electron chi connectivity index (χ3n) is 3.69. The molecule has 8 heteroatoms. The van der Waals surface area contributed by atoms with Gasteiger partial charge < -0.3 is 19.5 Å². The maximum absolute atomic E-state index is 12.3. The molecule has 1 aromatic heterocycles. The number of hydrogen-bond donors (Lipinski definition) is 1. The summed E-state index contributed by atoms with van der Waals surface area (Å²) in [4.78, 5) is 29.1. The number of aliphatic hydroxyl groups is 1. The number of aromatic nitrogens is 1. The zero-order chi connectivity index (χ0) is 20.1. The number of carbonyl (C=O) groups excluding carboxylic acids is 2. The molecule has 0 saturated heterocycles. The first-order valence-corrected chi connectivity index (χ1v) is 9.50. The summed E-state index contributed by atoms with van der Waals surface area (Å²) in [5.74, 6) is -0.249. The third-order valence-corrected chi connectivity index (χ3v) is 4.69. The molecule has 0 unspecified atom stereocenters. The number of hydrogen-bond acceptors (Lipinski definition) is 7. The van der Waals surface area contributed by atoms with E-state index in [1.165, 1.54) is 23.2 Å². The van der Waals surface area contributed by atoms with Crippen LogP contribution in [0.2, 0.25) is 0 Å². The molecule has 0 saturated carbocycles. The molecule has 1 aromatic rings. The van der Waals surface area contributed by atoms with Crippen molar-refractivity contribution in [3.63, 3.8) is 0 Å². The second-order valence-corrected chi connectivity index (χ2v) is 8.50. The van der Waals surface area contributed by atoms with Crippen LogP contribution in [0.5, 0.6) is 0 Å². The van der Waals surface area contributed by atoms with E-state index < -0.39 is 17.8 Å². The van der Waals surface area contributed by atoms with Gasteiger partial charge in [-0.3, -0.25) is 4.79 Å². The smallest absolute Gasteiger partial charge is 0.410 e. The zero-order valence-corrected chi connectivity index (χ0v) is 17.4. The van der Waals surface area contributed by atoms with E-state index in [0.717, 1.165) is 0 Å². The molecule has 0 fully saturated rings. The maximum atomic E-state index is 12.3. The van der Waals surface area contributed by atoms with Crippen molar-refractivity contribution in [2.75, 3.05) is 7.05 Å². The Kier molecular flexibility index (Phi) is 8.02. The van der Waals surface area contributed by atoms with E-state index in [-0.39, 0.29) is 24.5 Å². The minimum atomic E-state index is -0.816. The van der Waals surface area contributed by atoms with Crippen LogP contribution >= 0.6 is 11.3 Å². The van der Waals surface area contributed by atoms with E-state index in [1.54, 1.807) is 12.4 Å². The second-order valence-electron chi connectivity index (χ2n) is 7.61. The largest absolute Gasteiger partial charge is 0.459 e. The number of amides is 1. The van der Waals surface area contributed by atoms with Gasteiger partial charge >= 0.3 is 12.1 Å². The molecule has 1 N–H and O–H groups in total. The number of ether oxygens (including phenoxy) is 2. The minimum absolute atomic E-state index is 0.0873. The van der Waals surface area contributed by atoms with Crippen molar-refractivity contribution in [1.82, 2.24) is 9.88 Å². The quantitative estimate of drug-likeness (QED) is 0.721. The van der Waals surface area contributed by atoms with Crippen LogP contribution in [0.25, 0.3) is 0 Å². The SMILES string of the molecule is CC(=O)OCc1csc([C@H](O)C[C@H](C(C)C)N(C)C(=O)OC(C)(C)C)n1. The lowest BCUT2D eigenvalue weighted by atomic mass is 9.97. The zero-order valence-electron chi connectivity index (χ0n) is 16.6. The molecule has 2 atom stereocenters. The van der Waals surface area contributed by atoms with Crippen LogP contribution in [0.3, 0.4) is 0 Å². The Morgan fingerprint density at radius 1 is 1.35 bits per heavy atom. The molecular weight excluding hydrogens is 356 g/mol. The van der Waals surface area contributed by atoms with Crippen molar-refractivity contribution in [2.24, 2.45) is 5.92 Å². The Morgan fingerprint density at radius 3 is 2.46 bits per heavy atom. The molecule has 1 amide bonds. The van der Waals surface area contributed by atoms with Gasteiger partial charge in [0, 0.05) is 31.8 Å². The van der Waals surface area contributed by atoms with E-state index in [1.807, 2.05) is 34.6 Å². The van der Waals surface area contributed by atoms with Crippen LogP contribution in [0.1, 0.15) is 64.8 Å². The highest BCUT2D eigenvalue weighted by Gasteiger charge is 2.30. The van der Waals surface area contributed by atoms with Crippen LogP contribution in [0.15, 0.2) is 5.38 Å². The molecule has 0 aliphatic rings. The Labute approximate surface area is 159 Å². The van der Waals surface area contributed by atoms with Crippen molar-refractivity contribution in [1.29, 1.82) is 0 Å². The van der Waals surface area contributed by atoms with Crippen molar-refractivity contribution >= 4 is 23.4 Å². The number of aliphatic hydroxyl groups excluding tert-OH is 1. The number of rotatable bonds is 7. The summed E-state index contributed by atoms with van der Waals surface area (Å²) in [5, 5.41) is 12.8. The van der Waals surface area contributed by atoms with Gasteiger partial charge in [-0.25, -0.2) is 9.78 Å². The van der Waals surface area contributed by atoms with Gasteiger partial charge in [0.25, 0.3) is 0 Å². The monoisotopic (exact) mass is 386 g/mol. The van der Waals surface area contributed by atoms with Gasteiger partial charge in [0.05, 0.1) is 5.69 Å². The summed E-state index contributed by atoms with van der Waals surface area (Å²) >= 11 is 1.31. The Bertz CT molecular complexity index is 609. The summed E-state index contributed by atoms with van der Waals surface area (Å²) in [6.07, 6.45) is -0.894. The van der Waals surface area contributed by atoms with Crippen molar-refractivity contribution in [3.8, 4) is 0 Å². The molecule has 148 valence electrons. The van der Waals surface area contributed by atoms with E-state index in [2.05, 4.69) is 4.98 Å². The average molecular weight is 387 g/mol. The predicted molar refractivity (Wildman–Crippen MR) is 99.8 cm³/mol. The van der Waals surface area contributed by atoms with Gasteiger partial charge in [-0.15, -0.1) is 11.3 Å². The fraction of sp³-hybridized carbons (Fsp3) is 0.722. The van der Waals surface area contributed by atoms with E-state index in [4.69, 9.17) is 9.47 Å². The average Bonchev–Trinajstić information content (AvgIpc) is 2.96. The fourth-order valence-corrected chi connectivity index (χ4v) is 3.19. The number of thiazole rings is 1. The summed E-state index contributed by atoms with van der Waals surface area (Å²) in [6.45, 7) is 10.9. The topological polar surface area (TPSA) is 89.0 Å². The first kappa shape index (κ1) is 22.4. The first-order chi connectivity index (χ1) is 11.9. The Hall–Kier alpha value is -1.67. The lowest BCUT2D eigenvalue weighted by Crippen LogP contribution is -2.44. The molecule has 0 aromatic carbocycles. The Balaban J connectivity index is 2.77. The first-order valence-electron chi connectivity index (χ1n) is 8.62. The molecule has 26 heavy (non-hydrogen) atoms. The summed E-state index contributed by atoms with van der Waals surface area (Å²) in [7, 11) is 1.68. The summed E-state index contributed by atoms with van der Waals surface area (Å²) < 4.78 is 10.3. The van der Waals surface area contributed by atoms with Gasteiger partial charge in [0.15, 0.2) is 0 Å². The second kappa shape index (κ2) is 9.32. The molecule has 0 bridgehead atoms. The van der Waals surface area contributed by atoms with E-state index >= 15 is 0 Å². The number of carbonyl (C=O) groups is 2. The molecule has 1 rings (SSSR count). The van der Waals surface area contributed by atoms with Gasteiger partial charge in [0.2, 0.25) is 0 Å². The van der Waals surface area contributed by atoms with Crippen LogP contribution < -0.4 is 0 Å². The van der Waals surface area contributed by atoms with E-state index in [0.29, 0.717) is 17.1 Å². The molecular formula is C18H30N2O5S. The van der Waals surface area contributed by atoms with Crippen molar-refractivity contribution in [3.05, 3.63) is 16.1 Å². The van der Waals surface area contributed by atoms with Gasteiger partial charge in [-0.1, -0.05) is 13.8 Å². The van der Waals surface area contributed by atoms with Crippen LogP contribution in [-0.2, 0) is 20.9 Å². The Morgan fingerprint density at radius 2 is 1.96 bits per heavy atom. The van der Waals surface area contributed by atoms with Crippen molar-refractivity contribution in [2.45, 2.75) is 72.3 Å². The maximum Gasteiger partial charge on any atom is 0.410 e.